The first kappa shape index (κ1) is 19.3. The fourth-order valence-electron chi connectivity index (χ4n) is 3.00. The van der Waals surface area contributed by atoms with Crippen molar-refractivity contribution in [3.05, 3.63) is 24.3 Å². The molecule has 1 aliphatic rings. The first-order chi connectivity index (χ1) is 12.0. The maximum absolute atomic E-state index is 12.3. The molecule has 6 nitrogen and oxygen atoms in total. The minimum Gasteiger partial charge on any atom is -0.454 e. The van der Waals surface area contributed by atoms with E-state index in [0.29, 0.717) is 5.69 Å². The Kier molecular flexibility index (Phi) is 7.31. The molecule has 0 bridgehead atoms. The van der Waals surface area contributed by atoms with Crippen LogP contribution in [0.25, 0.3) is 0 Å². The van der Waals surface area contributed by atoms with Gasteiger partial charge in [0.2, 0.25) is 5.91 Å². The maximum Gasteiger partial charge on any atom is 0.329 e. The van der Waals surface area contributed by atoms with Crippen molar-refractivity contribution >= 4 is 35.2 Å². The van der Waals surface area contributed by atoms with E-state index in [1.807, 2.05) is 24.5 Å². The van der Waals surface area contributed by atoms with Gasteiger partial charge in [-0.25, -0.2) is 4.79 Å². The highest BCUT2D eigenvalue weighted by molar-refractivity contribution is 7.98. The van der Waals surface area contributed by atoms with Crippen molar-refractivity contribution in [3.8, 4) is 0 Å². The average molecular weight is 364 g/mol. The Bertz CT molecular complexity index is 629. The average Bonchev–Trinajstić information content (AvgIpc) is 3.12. The summed E-state index contributed by atoms with van der Waals surface area (Å²) in [5.74, 6) is -1.14. The Balaban J connectivity index is 1.87. The molecule has 2 rings (SSSR count). The summed E-state index contributed by atoms with van der Waals surface area (Å²) >= 11 is 1.58. The van der Waals surface area contributed by atoms with Gasteiger partial charge < -0.3 is 15.4 Å². The minimum absolute atomic E-state index is 0.0812. The maximum atomic E-state index is 12.3. The molecule has 25 heavy (non-hydrogen) atoms. The quantitative estimate of drug-likeness (QED) is 0.574. The lowest BCUT2D eigenvalue weighted by Crippen LogP contribution is -2.46. The van der Waals surface area contributed by atoms with Crippen LogP contribution in [0.1, 0.15) is 32.6 Å². The molecule has 0 aliphatic heterocycles. The number of carbonyl (C=O) groups is 3. The number of esters is 1. The van der Waals surface area contributed by atoms with Crippen LogP contribution in [0.2, 0.25) is 0 Å². The summed E-state index contributed by atoms with van der Waals surface area (Å²) in [6.45, 7) is 1.01. The van der Waals surface area contributed by atoms with E-state index in [2.05, 4.69) is 10.6 Å². The van der Waals surface area contributed by atoms with Crippen molar-refractivity contribution in [2.45, 2.75) is 43.5 Å². The molecule has 1 aliphatic carbocycles. The van der Waals surface area contributed by atoms with Gasteiger partial charge in [0, 0.05) is 17.5 Å². The number of nitrogens with one attached hydrogen (secondary N) is 2. The molecule has 0 heterocycles. The van der Waals surface area contributed by atoms with Crippen LogP contribution in [0.15, 0.2) is 29.2 Å². The molecule has 136 valence electrons. The van der Waals surface area contributed by atoms with E-state index in [4.69, 9.17) is 4.74 Å². The van der Waals surface area contributed by atoms with E-state index in [0.717, 1.165) is 30.6 Å². The van der Waals surface area contributed by atoms with Gasteiger partial charge in [-0.05, 0) is 43.2 Å². The van der Waals surface area contributed by atoms with Crippen molar-refractivity contribution in [1.82, 2.24) is 5.32 Å². The molecule has 0 radical (unpaired) electrons. The number of benzene rings is 1. The van der Waals surface area contributed by atoms with E-state index in [1.54, 1.807) is 17.8 Å². The molecular formula is C18H24N2O4S. The minimum atomic E-state index is -0.674. The molecule has 1 saturated carbocycles. The largest absolute Gasteiger partial charge is 0.454 e. The zero-order valence-corrected chi connectivity index (χ0v) is 15.4. The highest BCUT2D eigenvalue weighted by atomic mass is 32.2. The lowest BCUT2D eigenvalue weighted by Gasteiger charge is -2.22. The summed E-state index contributed by atoms with van der Waals surface area (Å²) in [6.07, 6.45) is 5.80. The molecule has 2 amide bonds. The summed E-state index contributed by atoms with van der Waals surface area (Å²) in [5, 5.41) is 5.37. The van der Waals surface area contributed by atoms with Crippen molar-refractivity contribution in [1.29, 1.82) is 0 Å². The summed E-state index contributed by atoms with van der Waals surface area (Å²) in [5.41, 5.74) is 0.655. The van der Waals surface area contributed by atoms with Crippen molar-refractivity contribution in [3.63, 3.8) is 0 Å². The number of thioether (sulfide) groups is 1. The zero-order valence-electron chi connectivity index (χ0n) is 14.5. The fraction of sp³-hybridized carbons (Fsp3) is 0.500. The highest BCUT2D eigenvalue weighted by Gasteiger charge is 2.32. The number of anilines is 1. The predicted molar refractivity (Wildman–Crippen MR) is 97.4 cm³/mol. The Morgan fingerprint density at radius 3 is 2.64 bits per heavy atom. The summed E-state index contributed by atoms with van der Waals surface area (Å²) < 4.78 is 5.14. The van der Waals surface area contributed by atoms with Crippen LogP contribution in [-0.4, -0.2) is 36.7 Å². The number of rotatable bonds is 7. The lowest BCUT2D eigenvalue weighted by atomic mass is 9.98. The van der Waals surface area contributed by atoms with Gasteiger partial charge in [-0.1, -0.05) is 18.9 Å². The van der Waals surface area contributed by atoms with E-state index in [9.17, 15) is 14.4 Å². The van der Waals surface area contributed by atoms with Crippen LogP contribution in [0, 0.1) is 5.92 Å². The molecular weight excluding hydrogens is 340 g/mol. The van der Waals surface area contributed by atoms with E-state index < -0.39 is 17.9 Å². The van der Waals surface area contributed by atoms with Gasteiger partial charge in [-0.2, -0.15) is 0 Å². The van der Waals surface area contributed by atoms with Gasteiger partial charge in [0.1, 0.15) is 6.04 Å². The van der Waals surface area contributed by atoms with Gasteiger partial charge >= 0.3 is 5.97 Å². The first-order valence-corrected chi connectivity index (χ1v) is 9.59. The standard InChI is InChI=1S/C18H24N2O4S/c1-12(21)19-17(13-6-3-4-7-13)18(23)24-11-16(22)20-14-8-5-9-15(10-14)25-2/h5,8-10,13,17H,3-4,6-7,11H2,1-2H3,(H,19,21)(H,20,22). The van der Waals surface area contributed by atoms with Gasteiger partial charge in [-0.3, -0.25) is 9.59 Å². The third kappa shape index (κ3) is 6.08. The van der Waals surface area contributed by atoms with Gasteiger partial charge in [-0.15, -0.1) is 11.8 Å². The molecule has 0 aromatic heterocycles. The molecule has 7 heteroatoms. The van der Waals surface area contributed by atoms with Gasteiger partial charge in [0.25, 0.3) is 5.91 Å². The molecule has 1 fully saturated rings. The van der Waals surface area contributed by atoms with Crippen LogP contribution in [-0.2, 0) is 19.1 Å². The van der Waals surface area contributed by atoms with Crippen LogP contribution < -0.4 is 10.6 Å². The van der Waals surface area contributed by atoms with E-state index in [1.165, 1.54) is 6.92 Å². The Hall–Kier alpha value is -2.02. The second-order valence-corrected chi connectivity index (χ2v) is 6.99. The first-order valence-electron chi connectivity index (χ1n) is 8.37. The van der Waals surface area contributed by atoms with Crippen LogP contribution >= 0.6 is 11.8 Å². The van der Waals surface area contributed by atoms with Crippen molar-refractivity contribution in [2.24, 2.45) is 5.92 Å². The Morgan fingerprint density at radius 1 is 1.28 bits per heavy atom. The Morgan fingerprint density at radius 2 is 2.00 bits per heavy atom. The summed E-state index contributed by atoms with van der Waals surface area (Å²) in [6, 6.07) is 6.74. The van der Waals surface area contributed by atoms with Crippen LogP contribution in [0.5, 0.6) is 0 Å². The van der Waals surface area contributed by atoms with Crippen LogP contribution in [0.4, 0.5) is 5.69 Å². The predicted octanol–water partition coefficient (Wildman–Crippen LogP) is 2.59. The molecule has 1 unspecified atom stereocenters. The second kappa shape index (κ2) is 9.46. The molecule has 1 aromatic carbocycles. The van der Waals surface area contributed by atoms with Gasteiger partial charge in [0.05, 0.1) is 0 Å². The molecule has 0 spiro atoms. The fourth-order valence-corrected chi connectivity index (χ4v) is 3.46. The summed E-state index contributed by atoms with van der Waals surface area (Å²) in [7, 11) is 0. The van der Waals surface area contributed by atoms with Crippen LogP contribution in [0.3, 0.4) is 0 Å². The Labute approximate surface area is 152 Å². The van der Waals surface area contributed by atoms with Crippen molar-refractivity contribution < 1.29 is 19.1 Å². The number of ether oxygens (including phenoxy) is 1. The molecule has 0 saturated heterocycles. The number of carbonyl (C=O) groups excluding carboxylic acids is 3. The molecule has 1 atom stereocenters. The lowest BCUT2D eigenvalue weighted by molar-refractivity contribution is -0.152. The number of amides is 2. The van der Waals surface area contributed by atoms with Crippen molar-refractivity contribution in [2.75, 3.05) is 18.2 Å². The third-order valence-electron chi connectivity index (χ3n) is 4.18. The molecule has 2 N–H and O–H groups in total. The topological polar surface area (TPSA) is 84.5 Å². The van der Waals surface area contributed by atoms with Gasteiger partial charge in [0.15, 0.2) is 6.61 Å². The smallest absolute Gasteiger partial charge is 0.329 e. The van der Waals surface area contributed by atoms with E-state index in [-0.39, 0.29) is 18.4 Å². The number of hydrogen-bond donors (Lipinski definition) is 2. The third-order valence-corrected chi connectivity index (χ3v) is 4.91. The summed E-state index contributed by atoms with van der Waals surface area (Å²) in [4.78, 5) is 36.7. The normalized spacial score (nSPS) is 15.4. The zero-order chi connectivity index (χ0) is 18.2. The van der Waals surface area contributed by atoms with E-state index >= 15 is 0 Å². The monoisotopic (exact) mass is 364 g/mol. The number of hydrogen-bond acceptors (Lipinski definition) is 5. The highest BCUT2D eigenvalue weighted by Crippen LogP contribution is 2.28. The second-order valence-electron chi connectivity index (χ2n) is 6.11. The SMILES string of the molecule is CSc1cccc(NC(=O)COC(=O)C(NC(C)=O)C2CCCC2)c1. The molecule has 1 aromatic rings.